The number of esters is 1. The lowest BCUT2D eigenvalue weighted by atomic mass is 10.1. The molecule has 43 heavy (non-hydrogen) atoms. The molecule has 0 spiro atoms. The highest BCUT2D eigenvalue weighted by molar-refractivity contribution is 5.92. The van der Waals surface area contributed by atoms with Crippen molar-refractivity contribution in [3.63, 3.8) is 0 Å². The van der Waals surface area contributed by atoms with Crippen molar-refractivity contribution in [2.24, 2.45) is 5.73 Å². The van der Waals surface area contributed by atoms with Gasteiger partial charge in [-0.2, -0.15) is 0 Å². The lowest BCUT2D eigenvalue weighted by molar-refractivity contribution is -0.150. The summed E-state index contributed by atoms with van der Waals surface area (Å²) in [6, 6.07) is 17.4. The third-order valence-electron chi connectivity index (χ3n) is 7.19. The minimum Gasteiger partial charge on any atom is -0.493 e. The molecule has 0 bridgehead atoms. The summed E-state index contributed by atoms with van der Waals surface area (Å²) in [5.74, 6) is 1.01. The molecule has 10 heteroatoms. The molecule has 3 N–H and O–H groups in total. The number of halogens is 1. The monoisotopic (exact) mass is 587 g/mol. The molecule has 0 saturated heterocycles. The molecule has 0 radical (unpaired) electrons. The van der Waals surface area contributed by atoms with E-state index < -0.39 is 17.8 Å². The number of methoxy groups -OCH3 is 1. The maximum Gasteiger partial charge on any atom is 0.323 e. The topological polar surface area (TPSA) is 122 Å². The van der Waals surface area contributed by atoms with Crippen LogP contribution in [0.3, 0.4) is 0 Å². The van der Waals surface area contributed by atoms with Gasteiger partial charge in [0.05, 0.1) is 25.7 Å². The zero-order valence-electron chi connectivity index (χ0n) is 23.9. The fourth-order valence-corrected chi connectivity index (χ4v) is 4.92. The largest absolute Gasteiger partial charge is 0.493 e. The van der Waals surface area contributed by atoms with Crippen molar-refractivity contribution in [1.82, 2.24) is 4.98 Å². The summed E-state index contributed by atoms with van der Waals surface area (Å²) in [6.07, 6.45) is 5.97. The number of pyridine rings is 1. The predicted molar refractivity (Wildman–Crippen MR) is 160 cm³/mol. The van der Waals surface area contributed by atoms with Gasteiger partial charge in [-0.15, -0.1) is 0 Å². The first-order valence-corrected chi connectivity index (χ1v) is 14.3. The van der Waals surface area contributed by atoms with Gasteiger partial charge in [-0.25, -0.2) is 4.39 Å². The number of anilines is 1. The third kappa shape index (κ3) is 7.98. The maximum atomic E-state index is 13.4. The Morgan fingerprint density at radius 2 is 1.81 bits per heavy atom. The van der Waals surface area contributed by atoms with Crippen LogP contribution in [0.4, 0.5) is 10.1 Å². The van der Waals surface area contributed by atoms with E-state index >= 15 is 0 Å². The molecule has 3 aromatic carbocycles. The number of nitrogens with two attached hydrogens (primary N) is 1. The fraction of sp³-hybridized carbons (Fsp3) is 0.303. The van der Waals surface area contributed by atoms with E-state index in [0.717, 1.165) is 31.2 Å². The molecule has 4 aromatic rings. The number of carbonyl (C=O) groups excluding carboxylic acids is 2. The lowest BCUT2D eigenvalue weighted by Gasteiger charge is -2.17. The third-order valence-corrected chi connectivity index (χ3v) is 7.19. The smallest absolute Gasteiger partial charge is 0.323 e. The number of fused-ring (bicyclic) bond motifs is 1. The predicted octanol–water partition coefficient (Wildman–Crippen LogP) is 5.94. The molecule has 5 rings (SSSR count). The molecule has 1 aliphatic rings. The molecule has 9 nitrogen and oxygen atoms in total. The van der Waals surface area contributed by atoms with Gasteiger partial charge in [0.25, 0.3) is 0 Å². The van der Waals surface area contributed by atoms with Gasteiger partial charge in [-0.05, 0) is 73.7 Å². The van der Waals surface area contributed by atoms with Crippen molar-refractivity contribution in [3.8, 4) is 23.0 Å². The summed E-state index contributed by atoms with van der Waals surface area (Å²) in [4.78, 5) is 29.1. The molecule has 1 heterocycles. The molecule has 1 unspecified atom stereocenters. The summed E-state index contributed by atoms with van der Waals surface area (Å²) in [5, 5.41) is 3.40. The second-order valence-corrected chi connectivity index (χ2v) is 10.4. The number of amides is 1. The molecule has 1 aliphatic carbocycles. The first-order chi connectivity index (χ1) is 20.9. The van der Waals surface area contributed by atoms with Gasteiger partial charge in [0.1, 0.15) is 29.5 Å². The Hall–Kier alpha value is -4.70. The zero-order chi connectivity index (χ0) is 30.2. The highest BCUT2D eigenvalue weighted by Gasteiger charge is 2.23. The van der Waals surface area contributed by atoms with Crippen LogP contribution >= 0.6 is 0 Å². The molecule has 224 valence electrons. The zero-order valence-corrected chi connectivity index (χ0v) is 23.9. The second kappa shape index (κ2) is 14.0. The summed E-state index contributed by atoms with van der Waals surface area (Å²) >= 11 is 0. The molecule has 1 fully saturated rings. The summed E-state index contributed by atoms with van der Waals surface area (Å²) in [7, 11) is 1.54. The highest BCUT2D eigenvalue weighted by Crippen LogP contribution is 2.37. The summed E-state index contributed by atoms with van der Waals surface area (Å²) < 4.78 is 36.5. The minimum atomic E-state index is -0.764. The molecular weight excluding hydrogens is 553 g/mol. The number of aromatic nitrogens is 1. The van der Waals surface area contributed by atoms with Crippen molar-refractivity contribution in [2.45, 2.75) is 50.7 Å². The molecule has 0 aliphatic heterocycles. The van der Waals surface area contributed by atoms with Crippen LogP contribution in [-0.2, 0) is 20.7 Å². The first-order valence-electron chi connectivity index (χ1n) is 14.3. The van der Waals surface area contributed by atoms with E-state index in [1.54, 1.807) is 61.8 Å². The van der Waals surface area contributed by atoms with Crippen molar-refractivity contribution in [1.29, 1.82) is 0 Å². The number of nitrogens with one attached hydrogen (secondary N) is 1. The number of ether oxygens (including phenoxy) is 4. The highest BCUT2D eigenvalue weighted by atomic mass is 19.1. The molecule has 1 aromatic heterocycles. The van der Waals surface area contributed by atoms with Gasteiger partial charge in [-0.3, -0.25) is 14.6 Å². The Balaban J connectivity index is 1.20. The van der Waals surface area contributed by atoms with Gasteiger partial charge >= 0.3 is 5.97 Å². The molecule has 1 amide bonds. The van der Waals surface area contributed by atoms with Crippen LogP contribution in [0.25, 0.3) is 10.9 Å². The van der Waals surface area contributed by atoms with Gasteiger partial charge in [0.15, 0.2) is 11.5 Å². The van der Waals surface area contributed by atoms with E-state index in [2.05, 4.69) is 10.3 Å². The van der Waals surface area contributed by atoms with E-state index in [4.69, 9.17) is 24.7 Å². The number of rotatable bonds is 12. The fourth-order valence-electron chi connectivity index (χ4n) is 4.92. The standard InChI is InChI=1S/C33H34FN3O6/c1-40-30-19-26-28(20-31(30)41-16-14-27(35)33(39)43-24-7-2-3-8-24)36-15-13-29(26)42-25-11-9-21(10-12-25)17-32(38)37-23-6-4-5-22(34)18-23/h4-6,9-13,15,18-20,24,27H,2-3,7-8,14,16-17,35H2,1H3,(H,37,38). The molecule has 1 atom stereocenters. The first kappa shape index (κ1) is 29.8. The average molecular weight is 588 g/mol. The Labute approximate surface area is 249 Å². The van der Waals surface area contributed by atoms with Crippen LogP contribution in [0.2, 0.25) is 0 Å². The number of hydrogen-bond acceptors (Lipinski definition) is 8. The van der Waals surface area contributed by atoms with E-state index in [1.807, 2.05) is 0 Å². The van der Waals surface area contributed by atoms with Gasteiger partial charge in [0, 0.05) is 29.8 Å². The maximum absolute atomic E-state index is 13.4. The van der Waals surface area contributed by atoms with Gasteiger partial charge < -0.3 is 30.0 Å². The summed E-state index contributed by atoms with van der Waals surface area (Å²) in [6.45, 7) is 0.200. The number of carbonyl (C=O) groups is 2. The quantitative estimate of drug-likeness (QED) is 0.195. The van der Waals surface area contributed by atoms with Crippen molar-refractivity contribution >= 4 is 28.5 Å². The van der Waals surface area contributed by atoms with Crippen molar-refractivity contribution < 1.29 is 32.9 Å². The summed E-state index contributed by atoms with van der Waals surface area (Å²) in [5.41, 5.74) is 7.84. The number of hydrogen-bond donors (Lipinski definition) is 2. The van der Waals surface area contributed by atoms with Crippen LogP contribution < -0.4 is 25.3 Å². The van der Waals surface area contributed by atoms with Crippen molar-refractivity contribution in [2.75, 3.05) is 19.0 Å². The number of nitrogens with zero attached hydrogens (tertiary/aromatic N) is 1. The number of benzene rings is 3. The average Bonchev–Trinajstić information content (AvgIpc) is 3.51. The second-order valence-electron chi connectivity index (χ2n) is 10.4. The van der Waals surface area contributed by atoms with Crippen LogP contribution in [0.15, 0.2) is 72.9 Å². The Morgan fingerprint density at radius 3 is 2.56 bits per heavy atom. The van der Waals surface area contributed by atoms with E-state index in [9.17, 15) is 14.0 Å². The van der Waals surface area contributed by atoms with Crippen LogP contribution in [0.1, 0.15) is 37.7 Å². The minimum absolute atomic E-state index is 0.0277. The SMILES string of the molecule is COc1cc2c(Oc3ccc(CC(=O)Nc4cccc(F)c4)cc3)ccnc2cc1OCCC(N)C(=O)OC1CCCC1. The lowest BCUT2D eigenvalue weighted by Crippen LogP contribution is -2.35. The van der Waals surface area contributed by atoms with E-state index in [1.165, 1.54) is 18.2 Å². The molecular formula is C33H34FN3O6. The Bertz CT molecular complexity index is 1570. The van der Waals surface area contributed by atoms with Crippen LogP contribution in [0, 0.1) is 5.82 Å². The normalized spacial score (nSPS) is 13.8. The van der Waals surface area contributed by atoms with E-state index in [0.29, 0.717) is 46.0 Å². The van der Waals surface area contributed by atoms with E-state index in [-0.39, 0.29) is 25.0 Å². The van der Waals surface area contributed by atoms with Gasteiger partial charge in [-0.1, -0.05) is 18.2 Å². The Kier molecular flexibility index (Phi) is 9.68. The van der Waals surface area contributed by atoms with Crippen LogP contribution in [-0.4, -0.2) is 42.7 Å². The Morgan fingerprint density at radius 1 is 1.02 bits per heavy atom. The molecule has 1 saturated carbocycles. The van der Waals surface area contributed by atoms with Crippen molar-refractivity contribution in [3.05, 3.63) is 84.3 Å². The van der Waals surface area contributed by atoms with Gasteiger partial charge in [0.2, 0.25) is 5.91 Å². The van der Waals surface area contributed by atoms with Crippen LogP contribution in [0.5, 0.6) is 23.0 Å².